The maximum atomic E-state index is 13.2. The van der Waals surface area contributed by atoms with E-state index in [4.69, 9.17) is 0 Å². The Morgan fingerprint density at radius 2 is 1.58 bits per heavy atom. The van der Waals surface area contributed by atoms with Crippen LogP contribution < -0.4 is 5.11 Å². The summed E-state index contributed by atoms with van der Waals surface area (Å²) >= 11 is 0. The van der Waals surface area contributed by atoms with Gasteiger partial charge in [0.1, 0.15) is 0 Å². The van der Waals surface area contributed by atoms with Gasteiger partial charge in [-0.25, -0.2) is 8.42 Å². The summed E-state index contributed by atoms with van der Waals surface area (Å²) < 4.78 is 27.4. The molecule has 4 rings (SSSR count). The second-order valence-corrected chi connectivity index (χ2v) is 8.26. The Hall–Kier alpha value is -2.70. The number of sulfonamides is 1. The van der Waals surface area contributed by atoms with Gasteiger partial charge in [-0.1, -0.05) is 54.6 Å². The molecule has 0 amide bonds. The number of carboxylic acids is 1. The topological polar surface area (TPSA) is 77.5 Å². The van der Waals surface area contributed by atoms with E-state index in [0.717, 1.165) is 26.2 Å². The van der Waals surface area contributed by atoms with Gasteiger partial charge in [-0.2, -0.15) is 4.31 Å². The maximum Gasteiger partial charge on any atom is 0.244 e. The van der Waals surface area contributed by atoms with Crippen LogP contribution >= 0.6 is 0 Å². The number of nitrogens with zero attached hydrogens (tertiary/aromatic N) is 1. The minimum absolute atomic E-state index is 0.0178. The van der Waals surface area contributed by atoms with Crippen molar-refractivity contribution in [2.24, 2.45) is 0 Å². The Kier molecular flexibility index (Phi) is 4.01. The van der Waals surface area contributed by atoms with E-state index in [2.05, 4.69) is 0 Å². The minimum Gasteiger partial charge on any atom is -0.548 e. The van der Waals surface area contributed by atoms with Crippen molar-refractivity contribution in [2.75, 3.05) is 0 Å². The molecule has 1 atom stereocenters. The molecule has 0 aliphatic carbocycles. The molecule has 3 aromatic rings. The lowest BCUT2D eigenvalue weighted by Gasteiger charge is -2.36. The van der Waals surface area contributed by atoms with E-state index < -0.39 is 22.0 Å². The summed E-state index contributed by atoms with van der Waals surface area (Å²) in [5.74, 6) is -1.39. The number of rotatable bonds is 3. The van der Waals surface area contributed by atoms with E-state index in [1.165, 1.54) is 6.07 Å². The van der Waals surface area contributed by atoms with Gasteiger partial charge in [-0.3, -0.25) is 0 Å². The smallest absolute Gasteiger partial charge is 0.244 e. The number of carboxylic acid groups (broad SMARTS) is 1. The Morgan fingerprint density at radius 3 is 2.31 bits per heavy atom. The molecule has 0 aromatic heterocycles. The number of fused-ring (bicyclic) bond motifs is 2. The van der Waals surface area contributed by atoms with Gasteiger partial charge < -0.3 is 9.90 Å². The lowest BCUT2D eigenvalue weighted by molar-refractivity contribution is -0.310. The van der Waals surface area contributed by atoms with Crippen LogP contribution in [0.15, 0.2) is 71.6 Å². The zero-order chi connectivity index (χ0) is 18.3. The van der Waals surface area contributed by atoms with Gasteiger partial charge in [0.05, 0.1) is 16.9 Å². The summed E-state index contributed by atoms with van der Waals surface area (Å²) in [5, 5.41) is 13.4. The molecule has 0 unspecified atom stereocenters. The predicted molar refractivity (Wildman–Crippen MR) is 95.6 cm³/mol. The summed E-state index contributed by atoms with van der Waals surface area (Å²) in [7, 11) is -3.98. The van der Waals surface area contributed by atoms with Crippen molar-refractivity contribution < 1.29 is 18.3 Å². The highest BCUT2D eigenvalue weighted by atomic mass is 32.2. The molecule has 0 saturated carbocycles. The van der Waals surface area contributed by atoms with Gasteiger partial charge >= 0.3 is 0 Å². The third kappa shape index (κ3) is 2.77. The van der Waals surface area contributed by atoms with Gasteiger partial charge in [0.25, 0.3) is 0 Å². The second kappa shape index (κ2) is 6.23. The van der Waals surface area contributed by atoms with E-state index in [1.807, 2.05) is 48.5 Å². The molecule has 132 valence electrons. The molecule has 0 spiro atoms. The minimum atomic E-state index is -3.98. The monoisotopic (exact) mass is 366 g/mol. The Bertz CT molecular complexity index is 1110. The van der Waals surface area contributed by atoms with E-state index >= 15 is 0 Å². The summed E-state index contributed by atoms with van der Waals surface area (Å²) in [6.45, 7) is 0.0178. The normalized spacial score (nSPS) is 17.8. The first-order valence-electron chi connectivity index (χ1n) is 8.25. The van der Waals surface area contributed by atoms with Gasteiger partial charge in [0.2, 0.25) is 10.0 Å². The van der Waals surface area contributed by atoms with Crippen LogP contribution in [0.5, 0.6) is 0 Å². The van der Waals surface area contributed by atoms with Crippen molar-refractivity contribution in [3.05, 3.63) is 77.9 Å². The SMILES string of the molecule is O=C([O-])[C@@H]1Cc2ccccc2CN1S(=O)(=O)c1ccc2ccccc2c1. The highest BCUT2D eigenvalue weighted by Crippen LogP contribution is 2.30. The van der Waals surface area contributed by atoms with Crippen LogP contribution in [-0.4, -0.2) is 24.7 Å². The van der Waals surface area contributed by atoms with Crippen molar-refractivity contribution in [1.82, 2.24) is 4.31 Å². The Balaban J connectivity index is 1.81. The average Bonchev–Trinajstić information content (AvgIpc) is 2.66. The third-order valence-corrected chi connectivity index (χ3v) is 6.66. The molecule has 1 aliphatic heterocycles. The Morgan fingerprint density at radius 1 is 0.923 bits per heavy atom. The number of hydrogen-bond acceptors (Lipinski definition) is 4. The van der Waals surface area contributed by atoms with Crippen LogP contribution in [-0.2, 0) is 27.8 Å². The first-order valence-corrected chi connectivity index (χ1v) is 9.69. The van der Waals surface area contributed by atoms with Crippen LogP contribution in [0, 0.1) is 0 Å². The van der Waals surface area contributed by atoms with Gasteiger partial charge in [0, 0.05) is 6.54 Å². The average molecular weight is 366 g/mol. The lowest BCUT2D eigenvalue weighted by Crippen LogP contribution is -2.53. The fourth-order valence-electron chi connectivity index (χ4n) is 3.42. The highest BCUT2D eigenvalue weighted by Gasteiger charge is 2.36. The van der Waals surface area contributed by atoms with E-state index in [0.29, 0.717) is 0 Å². The van der Waals surface area contributed by atoms with E-state index in [-0.39, 0.29) is 17.9 Å². The molecular weight excluding hydrogens is 350 g/mol. The third-order valence-electron chi connectivity index (χ3n) is 4.81. The molecule has 6 heteroatoms. The van der Waals surface area contributed by atoms with Crippen LogP contribution in [0.25, 0.3) is 10.8 Å². The molecule has 0 radical (unpaired) electrons. The van der Waals surface area contributed by atoms with E-state index in [9.17, 15) is 18.3 Å². The van der Waals surface area contributed by atoms with Crippen molar-refractivity contribution >= 4 is 26.8 Å². The van der Waals surface area contributed by atoms with E-state index in [1.54, 1.807) is 12.1 Å². The first kappa shape index (κ1) is 16.8. The van der Waals surface area contributed by atoms with Gasteiger partial charge in [-0.05, 0) is 40.5 Å². The molecule has 26 heavy (non-hydrogen) atoms. The molecule has 5 nitrogen and oxygen atoms in total. The van der Waals surface area contributed by atoms with Crippen molar-refractivity contribution in [3.8, 4) is 0 Å². The number of benzene rings is 3. The quantitative estimate of drug-likeness (QED) is 0.707. The van der Waals surface area contributed by atoms with Crippen LogP contribution in [0.3, 0.4) is 0 Å². The van der Waals surface area contributed by atoms with Crippen LogP contribution in [0.4, 0.5) is 0 Å². The molecule has 0 bridgehead atoms. The number of hydrogen-bond donors (Lipinski definition) is 0. The molecule has 3 aromatic carbocycles. The fraction of sp³-hybridized carbons (Fsp3) is 0.150. The number of aliphatic carboxylic acids is 1. The summed E-state index contributed by atoms with van der Waals surface area (Å²) in [6.07, 6.45) is 0.102. The van der Waals surface area contributed by atoms with Crippen molar-refractivity contribution in [2.45, 2.75) is 23.9 Å². The second-order valence-electron chi connectivity index (χ2n) is 6.37. The standard InChI is InChI=1S/C20H17NO4S/c22-20(23)19-12-16-7-3-4-8-17(16)13-21(19)26(24,25)18-10-9-14-5-1-2-6-15(14)11-18/h1-11,19H,12-13H2,(H,22,23)/p-1/t19-/m0/s1. The number of carbonyl (C=O) groups excluding carboxylic acids is 1. The summed E-state index contributed by atoms with van der Waals surface area (Å²) in [4.78, 5) is 11.7. The van der Waals surface area contributed by atoms with Crippen LogP contribution in [0.1, 0.15) is 11.1 Å². The zero-order valence-corrected chi connectivity index (χ0v) is 14.6. The highest BCUT2D eigenvalue weighted by molar-refractivity contribution is 7.89. The van der Waals surface area contributed by atoms with Crippen molar-refractivity contribution in [1.29, 1.82) is 0 Å². The van der Waals surface area contributed by atoms with Gasteiger partial charge in [-0.15, -0.1) is 0 Å². The molecule has 1 aliphatic rings. The van der Waals surface area contributed by atoms with Gasteiger partial charge in [0.15, 0.2) is 0 Å². The predicted octanol–water partition coefficient (Wildman–Crippen LogP) is 1.71. The molecule has 0 N–H and O–H groups in total. The molecule has 0 fully saturated rings. The van der Waals surface area contributed by atoms with Crippen molar-refractivity contribution in [3.63, 3.8) is 0 Å². The maximum absolute atomic E-state index is 13.2. The zero-order valence-electron chi connectivity index (χ0n) is 13.8. The fourth-order valence-corrected chi connectivity index (χ4v) is 5.01. The lowest BCUT2D eigenvalue weighted by atomic mass is 9.96. The molecular formula is C20H16NO4S-. The van der Waals surface area contributed by atoms with Crippen LogP contribution in [0.2, 0.25) is 0 Å². The molecule has 1 heterocycles. The summed E-state index contributed by atoms with van der Waals surface area (Å²) in [5.41, 5.74) is 1.65. The molecule has 0 saturated heterocycles. The Labute approximate surface area is 151 Å². The first-order chi connectivity index (χ1) is 12.5. The largest absolute Gasteiger partial charge is 0.548 e. The summed E-state index contributed by atoms with van der Waals surface area (Å²) in [6, 6.07) is 18.3. The number of carbonyl (C=O) groups is 1.